The third kappa shape index (κ3) is 3.93. The highest BCUT2D eigenvalue weighted by Crippen LogP contribution is 2.25. The number of ether oxygens (including phenoxy) is 1. The van der Waals surface area contributed by atoms with Crippen LogP contribution in [0.15, 0.2) is 51.4 Å². The predicted octanol–water partition coefficient (Wildman–Crippen LogP) is 4.86. The molecule has 0 aliphatic carbocycles. The molecule has 1 heterocycles. The molecule has 0 fully saturated rings. The van der Waals surface area contributed by atoms with Gasteiger partial charge in [-0.25, -0.2) is 9.18 Å². The molecule has 0 radical (unpaired) electrons. The number of rotatable bonds is 4. The highest BCUT2D eigenvalue weighted by molar-refractivity contribution is 9.10. The normalized spacial score (nSPS) is 12.0. The van der Waals surface area contributed by atoms with E-state index in [1.54, 1.807) is 6.92 Å². The lowest BCUT2D eigenvalue weighted by molar-refractivity contribution is 0.0278. The molecule has 0 bridgehead atoms. The van der Waals surface area contributed by atoms with Gasteiger partial charge in [0.05, 0.1) is 5.56 Å². The van der Waals surface area contributed by atoms with E-state index in [2.05, 4.69) is 26.1 Å². The van der Waals surface area contributed by atoms with Gasteiger partial charge in [-0.15, -0.1) is 10.2 Å². The van der Waals surface area contributed by atoms with Crippen molar-refractivity contribution in [3.63, 3.8) is 0 Å². The molecule has 0 amide bonds. The zero-order valence-corrected chi connectivity index (χ0v) is 15.1. The SMILES string of the molecule is Cc1cccc(-c2nnc(C(C)OC(=O)c3cc(F)ccc3Br)o2)c1. The maximum atomic E-state index is 13.3. The van der Waals surface area contributed by atoms with Gasteiger partial charge in [-0.05, 0) is 60.1 Å². The standard InChI is InChI=1S/C18H14BrFN2O3/c1-10-4-3-5-12(8-10)17-22-21-16(25-17)11(2)24-18(23)14-9-13(20)6-7-15(14)19/h3-9,11H,1-2H3. The molecule has 1 aromatic heterocycles. The quantitative estimate of drug-likeness (QED) is 0.580. The van der Waals surface area contributed by atoms with Gasteiger partial charge in [0, 0.05) is 10.0 Å². The van der Waals surface area contributed by atoms with E-state index in [-0.39, 0.29) is 11.5 Å². The van der Waals surface area contributed by atoms with E-state index in [0.717, 1.165) is 17.2 Å². The highest BCUT2D eigenvalue weighted by atomic mass is 79.9. The Kier molecular flexibility index (Phi) is 4.94. The van der Waals surface area contributed by atoms with Crippen LogP contribution in [0.3, 0.4) is 0 Å². The van der Waals surface area contributed by atoms with Crippen molar-refractivity contribution in [3.05, 3.63) is 69.8 Å². The Morgan fingerprint density at radius 3 is 2.80 bits per heavy atom. The fourth-order valence-electron chi connectivity index (χ4n) is 2.22. The van der Waals surface area contributed by atoms with Gasteiger partial charge >= 0.3 is 5.97 Å². The van der Waals surface area contributed by atoms with E-state index in [1.165, 1.54) is 12.1 Å². The molecule has 3 aromatic rings. The minimum atomic E-state index is -0.770. The minimum Gasteiger partial charge on any atom is -0.449 e. The highest BCUT2D eigenvalue weighted by Gasteiger charge is 2.21. The fourth-order valence-corrected chi connectivity index (χ4v) is 2.63. The number of esters is 1. The van der Waals surface area contributed by atoms with E-state index in [4.69, 9.17) is 9.15 Å². The molecule has 128 valence electrons. The molecule has 2 aromatic carbocycles. The van der Waals surface area contributed by atoms with Crippen molar-refractivity contribution in [2.75, 3.05) is 0 Å². The van der Waals surface area contributed by atoms with Crippen molar-refractivity contribution in [2.24, 2.45) is 0 Å². The molecule has 1 unspecified atom stereocenters. The summed E-state index contributed by atoms with van der Waals surface area (Å²) in [6.45, 7) is 3.57. The van der Waals surface area contributed by atoms with Crippen molar-refractivity contribution in [1.29, 1.82) is 0 Å². The number of benzene rings is 2. The molecule has 0 N–H and O–H groups in total. The topological polar surface area (TPSA) is 65.2 Å². The number of nitrogens with zero attached hydrogens (tertiary/aromatic N) is 2. The summed E-state index contributed by atoms with van der Waals surface area (Å²) >= 11 is 3.20. The molecule has 0 aliphatic heterocycles. The Morgan fingerprint density at radius 1 is 1.24 bits per heavy atom. The molecular weight excluding hydrogens is 391 g/mol. The number of aromatic nitrogens is 2. The summed E-state index contributed by atoms with van der Waals surface area (Å²) in [6, 6.07) is 11.4. The Morgan fingerprint density at radius 2 is 2.04 bits per heavy atom. The molecule has 7 heteroatoms. The molecule has 1 atom stereocenters. The summed E-state index contributed by atoms with van der Waals surface area (Å²) in [5, 5.41) is 7.91. The van der Waals surface area contributed by atoms with Crippen LogP contribution >= 0.6 is 15.9 Å². The van der Waals surface area contributed by atoms with Crippen LogP contribution in [0.1, 0.15) is 34.8 Å². The third-order valence-electron chi connectivity index (χ3n) is 3.49. The number of halogens is 2. The van der Waals surface area contributed by atoms with Gasteiger partial charge < -0.3 is 9.15 Å². The molecule has 3 rings (SSSR count). The van der Waals surface area contributed by atoms with Gasteiger partial charge in [0.25, 0.3) is 5.89 Å². The van der Waals surface area contributed by atoms with Crippen LogP contribution in [-0.4, -0.2) is 16.2 Å². The van der Waals surface area contributed by atoms with Crippen LogP contribution in [-0.2, 0) is 4.74 Å². The van der Waals surface area contributed by atoms with Gasteiger partial charge in [-0.2, -0.15) is 0 Å². The number of hydrogen-bond donors (Lipinski definition) is 0. The smallest absolute Gasteiger partial charge is 0.340 e. The van der Waals surface area contributed by atoms with Crippen LogP contribution in [0.4, 0.5) is 4.39 Å². The second-order valence-corrected chi connectivity index (χ2v) is 6.34. The van der Waals surface area contributed by atoms with Crippen LogP contribution in [0.5, 0.6) is 0 Å². The lowest BCUT2D eigenvalue weighted by Gasteiger charge is -2.10. The first kappa shape index (κ1) is 17.3. The van der Waals surface area contributed by atoms with Crippen molar-refractivity contribution >= 4 is 21.9 Å². The third-order valence-corrected chi connectivity index (χ3v) is 4.18. The second kappa shape index (κ2) is 7.14. The van der Waals surface area contributed by atoms with Crippen LogP contribution in [0, 0.1) is 12.7 Å². The van der Waals surface area contributed by atoms with Crippen molar-refractivity contribution in [3.8, 4) is 11.5 Å². The summed E-state index contributed by atoms with van der Waals surface area (Å²) in [5.74, 6) is -0.706. The lowest BCUT2D eigenvalue weighted by Crippen LogP contribution is -2.10. The largest absolute Gasteiger partial charge is 0.449 e. The summed E-state index contributed by atoms with van der Waals surface area (Å²) in [5.41, 5.74) is 1.93. The maximum Gasteiger partial charge on any atom is 0.340 e. The maximum absolute atomic E-state index is 13.3. The molecule has 0 saturated carbocycles. The van der Waals surface area contributed by atoms with Crippen molar-refractivity contribution < 1.29 is 18.3 Å². The first-order valence-corrected chi connectivity index (χ1v) is 8.30. The molecular formula is C18H14BrFN2O3. The van der Waals surface area contributed by atoms with Gasteiger partial charge in [-0.1, -0.05) is 17.7 Å². The Labute approximate surface area is 152 Å². The molecule has 0 spiro atoms. The monoisotopic (exact) mass is 404 g/mol. The van der Waals surface area contributed by atoms with Crippen LogP contribution in [0.2, 0.25) is 0 Å². The van der Waals surface area contributed by atoms with Crippen molar-refractivity contribution in [2.45, 2.75) is 20.0 Å². The average Bonchev–Trinajstić information content (AvgIpc) is 3.07. The zero-order chi connectivity index (χ0) is 18.0. The van der Waals surface area contributed by atoms with E-state index < -0.39 is 17.9 Å². The number of aryl methyl sites for hydroxylation is 1. The van der Waals surface area contributed by atoms with Crippen LogP contribution in [0.25, 0.3) is 11.5 Å². The summed E-state index contributed by atoms with van der Waals surface area (Å²) in [7, 11) is 0. The molecule has 0 saturated heterocycles. The Bertz CT molecular complexity index is 926. The summed E-state index contributed by atoms with van der Waals surface area (Å²) < 4.78 is 24.7. The second-order valence-electron chi connectivity index (χ2n) is 5.49. The van der Waals surface area contributed by atoms with Crippen LogP contribution < -0.4 is 0 Å². The Hall–Kier alpha value is -2.54. The summed E-state index contributed by atoms with van der Waals surface area (Å²) in [4.78, 5) is 12.2. The van der Waals surface area contributed by atoms with E-state index in [0.29, 0.717) is 10.4 Å². The average molecular weight is 405 g/mol. The Balaban J connectivity index is 1.77. The van der Waals surface area contributed by atoms with E-state index >= 15 is 0 Å². The molecule has 0 aliphatic rings. The fraction of sp³-hybridized carbons (Fsp3) is 0.167. The van der Waals surface area contributed by atoms with Gasteiger partial charge in [0.1, 0.15) is 5.82 Å². The number of hydrogen-bond acceptors (Lipinski definition) is 5. The van der Waals surface area contributed by atoms with E-state index in [1.807, 2.05) is 31.2 Å². The lowest BCUT2D eigenvalue weighted by atomic mass is 10.1. The zero-order valence-electron chi connectivity index (χ0n) is 13.5. The number of carbonyl (C=O) groups is 1. The minimum absolute atomic E-state index is 0.0882. The summed E-state index contributed by atoms with van der Waals surface area (Å²) in [6.07, 6.45) is -0.770. The predicted molar refractivity (Wildman–Crippen MR) is 92.4 cm³/mol. The first-order valence-electron chi connectivity index (χ1n) is 7.50. The van der Waals surface area contributed by atoms with Gasteiger partial charge in [0.15, 0.2) is 6.10 Å². The molecule has 25 heavy (non-hydrogen) atoms. The van der Waals surface area contributed by atoms with Crippen molar-refractivity contribution in [1.82, 2.24) is 10.2 Å². The number of carbonyl (C=O) groups excluding carboxylic acids is 1. The van der Waals surface area contributed by atoms with Gasteiger partial charge in [0.2, 0.25) is 5.89 Å². The van der Waals surface area contributed by atoms with Gasteiger partial charge in [-0.3, -0.25) is 0 Å². The first-order chi connectivity index (χ1) is 11.9. The van der Waals surface area contributed by atoms with E-state index in [9.17, 15) is 9.18 Å². The molecule has 5 nitrogen and oxygen atoms in total.